The molecule has 0 fully saturated rings. The Labute approximate surface area is 125 Å². The second-order valence-corrected chi connectivity index (χ2v) is 6.20. The van der Waals surface area contributed by atoms with Gasteiger partial charge in [0.2, 0.25) is 11.2 Å². The van der Waals surface area contributed by atoms with Crippen LogP contribution in [-0.2, 0) is 0 Å². The Balaban J connectivity index is 2.56. The van der Waals surface area contributed by atoms with Crippen LogP contribution in [0, 0.1) is 5.41 Å². The predicted octanol–water partition coefficient (Wildman–Crippen LogP) is 2.52. The van der Waals surface area contributed by atoms with Crippen molar-refractivity contribution in [3.05, 3.63) is 5.28 Å². The highest BCUT2D eigenvalue weighted by Crippen LogP contribution is 2.21. The molecule has 20 heavy (non-hydrogen) atoms. The number of aliphatic hydroxyl groups excluding tert-OH is 1. The lowest BCUT2D eigenvalue weighted by Crippen LogP contribution is -2.25. The van der Waals surface area contributed by atoms with Gasteiger partial charge in [0.15, 0.2) is 0 Å². The molecule has 0 saturated heterocycles. The Bertz CT molecular complexity index is 423. The van der Waals surface area contributed by atoms with Gasteiger partial charge < -0.3 is 15.2 Å². The topological polar surface area (TPSA) is 80.2 Å². The molecule has 6 nitrogen and oxygen atoms in total. The van der Waals surface area contributed by atoms with Gasteiger partial charge in [-0.25, -0.2) is 0 Å². The van der Waals surface area contributed by atoms with E-state index in [9.17, 15) is 5.11 Å². The minimum absolute atomic E-state index is 0.0627. The van der Waals surface area contributed by atoms with Crippen molar-refractivity contribution >= 4 is 17.5 Å². The smallest absolute Gasteiger partial charge is 0.322 e. The van der Waals surface area contributed by atoms with Crippen LogP contribution >= 0.6 is 11.6 Å². The number of halogens is 1. The number of anilines is 1. The van der Waals surface area contributed by atoms with Gasteiger partial charge in [0.05, 0.1) is 12.7 Å². The molecule has 0 amide bonds. The van der Waals surface area contributed by atoms with Crippen LogP contribution in [0.2, 0.25) is 5.28 Å². The Kier molecular flexibility index (Phi) is 6.42. The molecule has 1 aromatic heterocycles. The zero-order valence-corrected chi connectivity index (χ0v) is 13.2. The van der Waals surface area contributed by atoms with E-state index in [1.165, 1.54) is 0 Å². The summed E-state index contributed by atoms with van der Waals surface area (Å²) in [5.41, 5.74) is 0.0627. The van der Waals surface area contributed by atoms with Crippen molar-refractivity contribution in [2.75, 3.05) is 18.5 Å². The summed E-state index contributed by atoms with van der Waals surface area (Å²) in [5, 5.41) is 12.9. The molecule has 0 spiro atoms. The number of aliphatic hydroxyl groups is 1. The molecular formula is C13H23ClN4O2. The number of rotatable bonds is 7. The Hall–Kier alpha value is -1.14. The van der Waals surface area contributed by atoms with E-state index in [0.717, 1.165) is 6.42 Å². The second-order valence-electron chi connectivity index (χ2n) is 5.86. The quantitative estimate of drug-likeness (QED) is 0.805. The van der Waals surface area contributed by atoms with Gasteiger partial charge >= 0.3 is 6.01 Å². The third-order valence-corrected chi connectivity index (χ3v) is 2.54. The summed E-state index contributed by atoms with van der Waals surface area (Å²) in [6.45, 7) is 9.09. The van der Waals surface area contributed by atoms with Crippen molar-refractivity contribution in [2.24, 2.45) is 5.41 Å². The molecule has 1 aromatic rings. The van der Waals surface area contributed by atoms with Crippen molar-refractivity contribution in [3.63, 3.8) is 0 Å². The largest absolute Gasteiger partial charge is 0.463 e. The normalized spacial score (nSPS) is 13.1. The lowest BCUT2D eigenvalue weighted by atomic mass is 9.89. The van der Waals surface area contributed by atoms with E-state index in [4.69, 9.17) is 16.3 Å². The zero-order chi connectivity index (χ0) is 15.2. The van der Waals surface area contributed by atoms with E-state index in [1.54, 1.807) is 0 Å². The first-order valence-corrected chi connectivity index (χ1v) is 7.14. The van der Waals surface area contributed by atoms with Gasteiger partial charge in [-0.2, -0.15) is 15.0 Å². The second kappa shape index (κ2) is 7.59. The van der Waals surface area contributed by atoms with Crippen LogP contribution < -0.4 is 10.1 Å². The molecule has 1 atom stereocenters. The number of nitrogens with zero attached hydrogens (tertiary/aromatic N) is 3. The number of hydrogen-bond acceptors (Lipinski definition) is 6. The highest BCUT2D eigenvalue weighted by molar-refractivity contribution is 6.28. The van der Waals surface area contributed by atoms with E-state index in [2.05, 4.69) is 41.0 Å². The van der Waals surface area contributed by atoms with Crippen LogP contribution in [0.3, 0.4) is 0 Å². The van der Waals surface area contributed by atoms with Gasteiger partial charge in [-0.05, 0) is 29.9 Å². The highest BCUT2D eigenvalue weighted by Gasteiger charge is 2.17. The molecule has 0 aliphatic rings. The average molecular weight is 303 g/mol. The van der Waals surface area contributed by atoms with Gasteiger partial charge in [0.25, 0.3) is 0 Å². The van der Waals surface area contributed by atoms with Crippen molar-refractivity contribution in [2.45, 2.75) is 46.6 Å². The van der Waals surface area contributed by atoms with E-state index < -0.39 is 6.10 Å². The predicted molar refractivity (Wildman–Crippen MR) is 79.2 cm³/mol. The SMILES string of the molecule is CCCOc1nc(Cl)nc(NCC(O)CC(C)(C)C)n1. The van der Waals surface area contributed by atoms with Gasteiger partial charge in [-0.3, -0.25) is 0 Å². The third-order valence-electron chi connectivity index (χ3n) is 2.37. The van der Waals surface area contributed by atoms with Crippen molar-refractivity contribution in [1.82, 2.24) is 15.0 Å². The Morgan fingerprint density at radius 3 is 2.60 bits per heavy atom. The molecule has 1 unspecified atom stereocenters. The third kappa shape index (κ3) is 6.86. The first kappa shape index (κ1) is 16.9. The van der Waals surface area contributed by atoms with Crippen LogP contribution in [0.4, 0.5) is 5.95 Å². The zero-order valence-electron chi connectivity index (χ0n) is 12.5. The first-order valence-electron chi connectivity index (χ1n) is 6.76. The molecule has 1 rings (SSSR count). The summed E-state index contributed by atoms with van der Waals surface area (Å²) in [6.07, 6.45) is 1.06. The molecule has 0 bridgehead atoms. The molecule has 0 aliphatic carbocycles. The van der Waals surface area contributed by atoms with Gasteiger partial charge in [-0.1, -0.05) is 27.7 Å². The summed E-state index contributed by atoms with van der Waals surface area (Å²) in [6, 6.07) is 0.194. The number of aromatic nitrogens is 3. The molecule has 0 radical (unpaired) electrons. The monoisotopic (exact) mass is 302 g/mol. The Morgan fingerprint density at radius 2 is 2.00 bits per heavy atom. The minimum atomic E-state index is -0.481. The van der Waals surface area contributed by atoms with E-state index in [-0.39, 0.29) is 16.7 Å². The van der Waals surface area contributed by atoms with Gasteiger partial charge in [0, 0.05) is 6.54 Å². The van der Waals surface area contributed by atoms with E-state index in [0.29, 0.717) is 25.5 Å². The van der Waals surface area contributed by atoms with Crippen LogP contribution in [0.1, 0.15) is 40.5 Å². The average Bonchev–Trinajstić information content (AvgIpc) is 2.31. The van der Waals surface area contributed by atoms with Crippen molar-refractivity contribution in [1.29, 1.82) is 0 Å². The Morgan fingerprint density at radius 1 is 1.30 bits per heavy atom. The maximum Gasteiger partial charge on any atom is 0.322 e. The van der Waals surface area contributed by atoms with Crippen molar-refractivity contribution in [3.8, 4) is 6.01 Å². The summed E-state index contributed by atoms with van der Waals surface area (Å²) in [7, 11) is 0. The van der Waals surface area contributed by atoms with Crippen LogP contribution in [0.5, 0.6) is 6.01 Å². The maximum atomic E-state index is 9.93. The van der Waals surface area contributed by atoms with Gasteiger partial charge in [0.1, 0.15) is 0 Å². The fraction of sp³-hybridized carbons (Fsp3) is 0.769. The molecule has 0 aromatic carbocycles. The van der Waals surface area contributed by atoms with Crippen LogP contribution in [0.25, 0.3) is 0 Å². The van der Waals surface area contributed by atoms with E-state index >= 15 is 0 Å². The number of ether oxygens (including phenoxy) is 1. The molecule has 0 aliphatic heterocycles. The fourth-order valence-corrected chi connectivity index (χ4v) is 1.81. The molecule has 0 saturated carbocycles. The first-order chi connectivity index (χ1) is 9.30. The van der Waals surface area contributed by atoms with Gasteiger partial charge in [-0.15, -0.1) is 0 Å². The molecule has 7 heteroatoms. The molecular weight excluding hydrogens is 280 g/mol. The number of hydrogen-bond donors (Lipinski definition) is 2. The van der Waals surface area contributed by atoms with Crippen molar-refractivity contribution < 1.29 is 9.84 Å². The van der Waals surface area contributed by atoms with Crippen LogP contribution in [0.15, 0.2) is 0 Å². The molecule has 114 valence electrons. The molecule has 1 heterocycles. The summed E-state index contributed by atoms with van der Waals surface area (Å²) < 4.78 is 5.31. The fourth-order valence-electron chi connectivity index (χ4n) is 1.66. The van der Waals surface area contributed by atoms with Crippen LogP contribution in [-0.4, -0.2) is 39.3 Å². The standard InChI is InChI=1S/C13H23ClN4O2/c1-5-6-20-12-17-10(14)16-11(18-12)15-8-9(19)7-13(2,3)4/h9,19H,5-8H2,1-4H3,(H,15,16,17,18). The lowest BCUT2D eigenvalue weighted by Gasteiger charge is -2.22. The number of nitrogens with one attached hydrogen (secondary N) is 1. The lowest BCUT2D eigenvalue weighted by molar-refractivity contribution is 0.132. The summed E-state index contributed by atoms with van der Waals surface area (Å²) >= 11 is 5.81. The minimum Gasteiger partial charge on any atom is -0.463 e. The highest BCUT2D eigenvalue weighted by atomic mass is 35.5. The summed E-state index contributed by atoms with van der Waals surface area (Å²) in [5.74, 6) is 0.309. The molecule has 2 N–H and O–H groups in total. The summed E-state index contributed by atoms with van der Waals surface area (Å²) in [4.78, 5) is 11.9. The maximum absolute atomic E-state index is 9.93. The van der Waals surface area contributed by atoms with E-state index in [1.807, 2.05) is 6.92 Å².